The summed E-state index contributed by atoms with van der Waals surface area (Å²) >= 11 is 0. The van der Waals surface area contributed by atoms with Gasteiger partial charge in [-0.05, 0) is 30.5 Å². The smallest absolute Gasteiger partial charge is 0.373 e. The molecule has 1 aromatic carbocycles. The highest BCUT2D eigenvalue weighted by Gasteiger charge is 2.07. The molecule has 0 amide bonds. The monoisotopic (exact) mass is 266 g/mol. The summed E-state index contributed by atoms with van der Waals surface area (Å²) < 4.78 is 5.20. The van der Waals surface area contributed by atoms with Crippen molar-refractivity contribution in [1.82, 2.24) is 0 Å². The van der Waals surface area contributed by atoms with Crippen molar-refractivity contribution in [3.05, 3.63) is 35.4 Å². The highest BCUT2D eigenvalue weighted by molar-refractivity contribution is 5.88. The zero-order chi connectivity index (χ0) is 13.9. The predicted molar refractivity (Wildman–Crippen MR) is 72.9 cm³/mol. The Bertz CT molecular complexity index is 359. The predicted octanol–water partition coefficient (Wildman–Crippen LogP) is 3.15. The third kappa shape index (κ3) is 6.36. The molecule has 0 aromatic heterocycles. The largest absolute Gasteiger partial charge is 0.379 e. The van der Waals surface area contributed by atoms with E-state index in [0.29, 0.717) is 18.8 Å². The fourth-order valence-corrected chi connectivity index (χ4v) is 1.58. The average molecular weight is 266 g/mol. The van der Waals surface area contributed by atoms with E-state index < -0.39 is 5.97 Å². The molecule has 0 fully saturated rings. The second kappa shape index (κ2) is 9.53. The first kappa shape index (κ1) is 15.7. The normalized spacial score (nSPS) is 10.4. The van der Waals surface area contributed by atoms with E-state index in [0.717, 1.165) is 19.3 Å². The number of rotatable bonds is 9. The van der Waals surface area contributed by atoms with Gasteiger partial charge in [-0.1, -0.05) is 32.4 Å². The molecule has 4 heteroatoms. The Hall–Kier alpha value is -1.39. The molecule has 1 rings (SSSR count). The quantitative estimate of drug-likeness (QED) is 0.391. The molecule has 0 radical (unpaired) electrons. The minimum Gasteiger partial charge on any atom is -0.379 e. The van der Waals surface area contributed by atoms with Crippen molar-refractivity contribution in [2.75, 3.05) is 19.8 Å². The molecule has 0 saturated carbocycles. The Morgan fingerprint density at radius 1 is 1.00 bits per heavy atom. The zero-order valence-electron chi connectivity index (χ0n) is 11.7. The summed E-state index contributed by atoms with van der Waals surface area (Å²) in [4.78, 5) is 21.1. The van der Waals surface area contributed by atoms with Crippen LogP contribution < -0.4 is 0 Å². The molecule has 0 atom stereocenters. The van der Waals surface area contributed by atoms with Crippen molar-refractivity contribution in [2.24, 2.45) is 0 Å². The highest BCUT2D eigenvalue weighted by atomic mass is 17.2. The summed E-state index contributed by atoms with van der Waals surface area (Å²) in [7, 11) is 0. The molecule has 19 heavy (non-hydrogen) atoms. The van der Waals surface area contributed by atoms with E-state index in [1.54, 1.807) is 12.1 Å². The molecule has 0 heterocycles. The number of carbonyl (C=O) groups is 1. The first-order chi connectivity index (χ1) is 9.27. The van der Waals surface area contributed by atoms with E-state index in [2.05, 4.69) is 11.8 Å². The van der Waals surface area contributed by atoms with Crippen molar-refractivity contribution >= 4 is 5.97 Å². The van der Waals surface area contributed by atoms with Crippen LogP contribution in [0.5, 0.6) is 0 Å². The van der Waals surface area contributed by atoms with Crippen LogP contribution in [0.25, 0.3) is 0 Å². The molecule has 0 spiro atoms. The van der Waals surface area contributed by atoms with Gasteiger partial charge in [0.2, 0.25) is 0 Å². The van der Waals surface area contributed by atoms with Gasteiger partial charge in [-0.2, -0.15) is 4.89 Å². The van der Waals surface area contributed by atoms with Gasteiger partial charge in [0.1, 0.15) is 6.61 Å². The topological polar surface area (TPSA) is 44.8 Å². The maximum Gasteiger partial charge on any atom is 0.373 e. The lowest BCUT2D eigenvalue weighted by Crippen LogP contribution is -2.10. The van der Waals surface area contributed by atoms with E-state index in [9.17, 15) is 4.79 Å². The van der Waals surface area contributed by atoms with Crippen LogP contribution in [-0.4, -0.2) is 25.8 Å². The molecular formula is C15H22O4. The minimum absolute atomic E-state index is 0.250. The van der Waals surface area contributed by atoms with Gasteiger partial charge < -0.3 is 4.74 Å². The first-order valence-corrected chi connectivity index (χ1v) is 6.78. The van der Waals surface area contributed by atoms with Crippen LogP contribution in [0.4, 0.5) is 0 Å². The highest BCUT2D eigenvalue weighted by Crippen LogP contribution is 2.08. The number of benzene rings is 1. The lowest BCUT2D eigenvalue weighted by Gasteiger charge is -2.05. The molecule has 0 aliphatic rings. The van der Waals surface area contributed by atoms with E-state index in [1.807, 2.05) is 19.1 Å². The third-order valence-corrected chi connectivity index (χ3v) is 2.52. The number of hydrogen-bond donors (Lipinski definition) is 0. The third-order valence-electron chi connectivity index (χ3n) is 2.52. The van der Waals surface area contributed by atoms with E-state index >= 15 is 0 Å². The van der Waals surface area contributed by atoms with Crippen molar-refractivity contribution in [2.45, 2.75) is 33.1 Å². The van der Waals surface area contributed by atoms with Crippen LogP contribution in [0.1, 0.15) is 42.6 Å². The molecule has 0 N–H and O–H groups in total. The molecule has 4 nitrogen and oxygen atoms in total. The zero-order valence-corrected chi connectivity index (χ0v) is 11.7. The van der Waals surface area contributed by atoms with E-state index in [4.69, 9.17) is 9.62 Å². The summed E-state index contributed by atoms with van der Waals surface area (Å²) in [6, 6.07) is 7.38. The molecule has 0 unspecified atom stereocenters. The molecule has 0 saturated heterocycles. The second-order valence-electron chi connectivity index (χ2n) is 4.25. The number of hydrogen-bond acceptors (Lipinski definition) is 4. The Balaban J connectivity index is 2.25. The van der Waals surface area contributed by atoms with Gasteiger partial charge in [0.05, 0.1) is 12.2 Å². The van der Waals surface area contributed by atoms with Gasteiger partial charge in [-0.3, -0.25) is 4.89 Å². The van der Waals surface area contributed by atoms with Gasteiger partial charge in [-0.15, -0.1) is 0 Å². The van der Waals surface area contributed by atoms with Gasteiger partial charge in [0, 0.05) is 6.61 Å². The lowest BCUT2D eigenvalue weighted by molar-refractivity contribution is -0.247. The molecule has 0 aliphatic heterocycles. The Labute approximate surface area is 114 Å². The summed E-state index contributed by atoms with van der Waals surface area (Å²) in [5, 5.41) is 0. The maximum absolute atomic E-state index is 11.6. The van der Waals surface area contributed by atoms with Crippen LogP contribution in [0.3, 0.4) is 0 Å². The number of carbonyl (C=O) groups excluding carboxylic acids is 1. The molecular weight excluding hydrogens is 244 g/mol. The average Bonchev–Trinajstić information content (AvgIpc) is 2.43. The second-order valence-corrected chi connectivity index (χ2v) is 4.25. The summed E-state index contributed by atoms with van der Waals surface area (Å²) in [5.74, 6) is -0.474. The number of ether oxygens (including phenoxy) is 1. The van der Waals surface area contributed by atoms with Crippen LogP contribution in [0.2, 0.25) is 0 Å². The van der Waals surface area contributed by atoms with Gasteiger partial charge in [-0.25, -0.2) is 4.79 Å². The van der Waals surface area contributed by atoms with E-state index in [1.165, 1.54) is 5.56 Å². The van der Waals surface area contributed by atoms with Gasteiger partial charge >= 0.3 is 5.97 Å². The molecule has 106 valence electrons. The standard InChI is InChI=1S/C15H22O4/c1-3-5-13-6-8-14(9-7-13)15(16)19-18-12-11-17-10-4-2/h6-9H,3-5,10-12H2,1-2H3. The summed E-state index contributed by atoms with van der Waals surface area (Å²) in [5.41, 5.74) is 1.71. The van der Waals surface area contributed by atoms with Crippen LogP contribution in [0, 0.1) is 0 Å². The molecule has 0 bridgehead atoms. The number of aryl methyl sites for hydroxylation is 1. The van der Waals surface area contributed by atoms with Crippen molar-refractivity contribution in [3.63, 3.8) is 0 Å². The van der Waals surface area contributed by atoms with Crippen molar-refractivity contribution in [1.29, 1.82) is 0 Å². The Morgan fingerprint density at radius 2 is 1.74 bits per heavy atom. The fraction of sp³-hybridized carbons (Fsp3) is 0.533. The SMILES string of the molecule is CCCOCCOOC(=O)c1ccc(CCC)cc1. The lowest BCUT2D eigenvalue weighted by atomic mass is 10.1. The fourth-order valence-electron chi connectivity index (χ4n) is 1.58. The first-order valence-electron chi connectivity index (χ1n) is 6.78. The maximum atomic E-state index is 11.6. The Morgan fingerprint density at radius 3 is 2.37 bits per heavy atom. The van der Waals surface area contributed by atoms with Crippen molar-refractivity contribution < 1.29 is 19.3 Å². The van der Waals surface area contributed by atoms with Gasteiger partial charge in [0.25, 0.3) is 0 Å². The Kier molecular flexibility index (Phi) is 7.86. The van der Waals surface area contributed by atoms with Crippen LogP contribution in [0.15, 0.2) is 24.3 Å². The van der Waals surface area contributed by atoms with Crippen molar-refractivity contribution in [3.8, 4) is 0 Å². The van der Waals surface area contributed by atoms with Crippen LogP contribution >= 0.6 is 0 Å². The molecule has 1 aromatic rings. The van der Waals surface area contributed by atoms with E-state index in [-0.39, 0.29) is 6.61 Å². The van der Waals surface area contributed by atoms with Gasteiger partial charge in [0.15, 0.2) is 0 Å². The summed E-state index contributed by atoms with van der Waals surface area (Å²) in [6.45, 7) is 5.52. The van der Waals surface area contributed by atoms with Crippen LogP contribution in [-0.2, 0) is 20.9 Å². The molecule has 0 aliphatic carbocycles. The summed E-state index contributed by atoms with van der Waals surface area (Å²) in [6.07, 6.45) is 3.06. The minimum atomic E-state index is -0.474.